The Bertz CT molecular complexity index is 3030. The van der Waals surface area contributed by atoms with Crippen LogP contribution in [-0.2, 0) is 12.4 Å². The molecule has 108 heavy (non-hydrogen) atoms. The quantitative estimate of drug-likeness (QED) is 0.0470. The Balaban J connectivity index is -0.000000866. The molecule has 0 heterocycles. The molecule has 2 aromatic rings. The van der Waals surface area contributed by atoms with Gasteiger partial charge in [0.15, 0.2) is 22.5 Å². The zero-order chi connectivity index (χ0) is 85.3. The van der Waals surface area contributed by atoms with Crippen molar-refractivity contribution in [1.29, 1.82) is 0 Å². The van der Waals surface area contributed by atoms with Crippen molar-refractivity contribution >= 4 is 87.0 Å². The number of rotatable bonds is 34. The van der Waals surface area contributed by atoms with Crippen LogP contribution in [0.25, 0.3) is 0 Å². The zero-order valence-electron chi connectivity index (χ0n) is 77.8. The highest BCUT2D eigenvalue weighted by molar-refractivity contribution is 7.88. The highest BCUT2D eigenvalue weighted by atomic mass is 35.5. The lowest BCUT2D eigenvalue weighted by molar-refractivity contribution is 0.427. The number of benzene rings is 2. The fourth-order valence-corrected chi connectivity index (χ4v) is 60.6. The first kappa shape index (κ1) is 115. The third-order valence-electron chi connectivity index (χ3n) is 16.7. The molecule has 2 rings (SSSR count). The maximum absolute atomic E-state index is 6.27. The predicted octanol–water partition coefficient (Wildman–Crippen LogP) is 16.6. The molecule has 0 aliphatic rings. The van der Waals surface area contributed by atoms with Crippen molar-refractivity contribution in [2.24, 2.45) is 40.9 Å². The Hall–Kier alpha value is 0.270. The standard InChI is InChI=1S/C30H76N16P5.C23H69N16P5.C7H7Cl.2C2H6.H2O/c1-35(2)48(36(3)4,37(5)6)31-47(32-49(38(7)8,39(9)10)40(11)12,33-50(41(13)14,42(15)16)43(17)18)34-51(44(19)20,45(21)22)46(23)29-30-27-25-24-26-28-30;1-24-41(29(2)3,30(4)5)25-40(26-42(31(6)7,32(8)9)33(10)11,27-43(34(12)13,35(14)15)36(16)17)28-44(37(18)19,38(20)21)39(22)23;8-6-7-4-2-1-3-5-7;2*1-2;/h24-28H,29H2,1-23H3;1-23H3;1-5H,6H2;2*1-2H3;1H2/q+1;;;;;/p-1. The summed E-state index contributed by atoms with van der Waals surface area (Å²) in [7, 11) is 68.4. The van der Waals surface area contributed by atoms with Crippen LogP contribution in [0.15, 0.2) is 102 Å². The minimum Gasteiger partial charge on any atom is -0.870 e. The van der Waals surface area contributed by atoms with E-state index in [9.17, 15) is 0 Å². The van der Waals surface area contributed by atoms with Crippen molar-refractivity contribution < 1.29 is 5.48 Å². The summed E-state index contributed by atoms with van der Waals surface area (Å²) in [4.78, 5) is 0. The average Bonchev–Trinajstić information content (AvgIpc) is 0.728. The Morgan fingerprint density at radius 3 is 0.602 bits per heavy atom. The van der Waals surface area contributed by atoms with Crippen molar-refractivity contribution in [3.05, 3.63) is 71.8 Å². The lowest BCUT2D eigenvalue weighted by atomic mass is 10.2. The fourth-order valence-electron chi connectivity index (χ4n) is 13.0. The van der Waals surface area contributed by atoms with E-state index in [1.54, 1.807) is 0 Å². The maximum atomic E-state index is 6.27. The smallest absolute Gasteiger partial charge is 0.502 e. The van der Waals surface area contributed by atoms with Crippen LogP contribution in [0.2, 0.25) is 0 Å². The van der Waals surface area contributed by atoms with Crippen LogP contribution in [0.3, 0.4) is 0 Å². The average molecular weight is 1740 g/mol. The second-order valence-corrected chi connectivity index (χ2v) is 64.2. The van der Waals surface area contributed by atoms with Gasteiger partial charge in [0.05, 0.1) is 0 Å². The van der Waals surface area contributed by atoms with Crippen molar-refractivity contribution in [3.63, 3.8) is 0 Å². The summed E-state index contributed by atoms with van der Waals surface area (Å²) in [6.07, 6.45) is 0. The summed E-state index contributed by atoms with van der Waals surface area (Å²) in [5.41, 5.74) is 2.39. The molecule has 33 nitrogen and oxygen atoms in total. The van der Waals surface area contributed by atoms with Crippen molar-refractivity contribution in [2.45, 2.75) is 40.1 Å². The highest BCUT2D eigenvalue weighted by Crippen LogP contribution is 2.87. The van der Waals surface area contributed by atoms with Crippen molar-refractivity contribution in [3.8, 4) is 0 Å². The molecule has 1 N–H and O–H groups in total. The van der Waals surface area contributed by atoms with Gasteiger partial charge in [0.25, 0.3) is 0 Å². The number of halogens is 1. The van der Waals surface area contributed by atoms with Gasteiger partial charge in [0.2, 0.25) is 37.5 Å². The van der Waals surface area contributed by atoms with Crippen LogP contribution in [0.5, 0.6) is 0 Å². The van der Waals surface area contributed by atoms with E-state index >= 15 is 0 Å². The van der Waals surface area contributed by atoms with Crippen molar-refractivity contribution in [1.82, 2.24) is 107 Å². The van der Waals surface area contributed by atoms with Gasteiger partial charge in [-0.3, -0.25) is 46.8 Å². The van der Waals surface area contributed by atoms with E-state index in [0.717, 1.165) is 0 Å². The van der Waals surface area contributed by atoms with Gasteiger partial charge in [-0.25, -0.2) is 65.4 Å². The maximum Gasteiger partial charge on any atom is 0.502 e. The molecule has 0 amide bonds. The first-order valence-corrected chi connectivity index (χ1v) is 52.2. The number of nitrogens with zero attached hydrogens (tertiary/aromatic N) is 32. The molecule has 44 heteroatoms. The SMILES string of the molecule is CC.CC.CN(C)P(=N[P+](N=P(N(C)C)(N(C)C)N(C)C)(N=P(N(C)C)(N(C)C)N(C)C)N=P(N(C)C)(N(C)C)N(C)Cc1ccccc1)(N(C)C)N(C)C.CN=P(N=P(N=P(N(C)C)(N(C)C)N(C)C)(N=P(N(C)C)(N(C)C)N(C)C)N=P(N(C)C)(N(C)C)N(C)C)(N(C)C)N(C)C.ClCc1ccccc1.[OH-]. The minimum absolute atomic E-state index is 0. The van der Waals surface area contributed by atoms with Crippen molar-refractivity contribution in [2.75, 3.05) is 324 Å². The third kappa shape index (κ3) is 26.4. The summed E-state index contributed by atoms with van der Waals surface area (Å²) in [6, 6.07) is 20.6. The zero-order valence-corrected chi connectivity index (χ0v) is 87.5. The van der Waals surface area contributed by atoms with Gasteiger partial charge < -0.3 is 5.48 Å². The second-order valence-electron chi connectivity index (χ2n) is 28.8. The molecule has 0 aliphatic heterocycles. The summed E-state index contributed by atoms with van der Waals surface area (Å²) in [5, 5.41) is 0. The normalized spacial score (nSPS) is 13.6. The second kappa shape index (κ2) is 49.6. The molecular formula is C64H165ClN32OP10. The molecule has 0 aromatic heterocycles. The molecule has 0 radical (unpaired) electrons. The topological polar surface area (TPSA) is 216 Å². The Kier molecular flexibility index (Phi) is 52.6. The molecule has 0 spiro atoms. The third-order valence-corrected chi connectivity index (χ3v) is 57.6. The molecule has 0 atom stereocenters. The Labute approximate surface area is 672 Å². The molecule has 0 saturated carbocycles. The first-order chi connectivity index (χ1) is 48.9. The number of hydrogen-bond donors (Lipinski definition) is 0. The van der Waals surface area contributed by atoms with Gasteiger partial charge >= 0.3 is 15.4 Å². The highest BCUT2D eigenvalue weighted by Gasteiger charge is 2.57. The van der Waals surface area contributed by atoms with E-state index in [4.69, 9.17) is 52.5 Å². The number of hydrogen-bond acceptors (Lipinski definition) is 6. The molecule has 0 aliphatic carbocycles. The summed E-state index contributed by atoms with van der Waals surface area (Å²) in [6.45, 7) is 8.69. The van der Waals surface area contributed by atoms with Crippen LogP contribution < -0.4 is 0 Å². The predicted molar refractivity (Wildman–Crippen MR) is 497 cm³/mol. The van der Waals surface area contributed by atoms with Gasteiger partial charge in [-0.05, 0) is 346 Å². The lowest BCUT2D eigenvalue weighted by Gasteiger charge is -2.46. The van der Waals surface area contributed by atoms with Gasteiger partial charge in [-0.2, -0.15) is 18.1 Å². The van der Waals surface area contributed by atoms with E-state index in [-0.39, 0.29) is 5.48 Å². The van der Waals surface area contributed by atoms with Gasteiger partial charge in [0.1, 0.15) is 0 Å². The fraction of sp³-hybridized carbons (Fsp3) is 0.812. The van der Waals surface area contributed by atoms with E-state index in [1.807, 2.05) is 93.3 Å². The van der Waals surface area contributed by atoms with E-state index in [1.165, 1.54) is 11.1 Å². The molecule has 0 saturated heterocycles. The Morgan fingerprint density at radius 1 is 0.259 bits per heavy atom. The summed E-state index contributed by atoms with van der Waals surface area (Å²) in [5.74, 6) is 0.612. The molecule has 644 valence electrons. The molecular weight excluding hydrogens is 1580 g/mol. The van der Waals surface area contributed by atoms with Gasteiger partial charge in [-0.15, -0.1) is 11.6 Å². The molecule has 0 fully saturated rings. The lowest BCUT2D eigenvalue weighted by Crippen LogP contribution is -2.34. The van der Waals surface area contributed by atoms with Crippen LogP contribution in [0.1, 0.15) is 38.8 Å². The van der Waals surface area contributed by atoms with E-state index in [0.29, 0.717) is 12.4 Å². The molecule has 0 unspecified atom stereocenters. The summed E-state index contributed by atoms with van der Waals surface area (Å²) >= 11 is 5.53. The van der Waals surface area contributed by atoms with Crippen LogP contribution in [-0.4, -0.2) is 437 Å². The minimum atomic E-state index is -3.54. The largest absolute Gasteiger partial charge is 0.870 e. The van der Waals surface area contributed by atoms with E-state index in [2.05, 4.69) is 427 Å². The van der Waals surface area contributed by atoms with Crippen LogP contribution in [0.4, 0.5) is 0 Å². The Morgan fingerprint density at radius 2 is 0.444 bits per heavy atom. The van der Waals surface area contributed by atoms with Crippen LogP contribution >= 0.6 is 87.0 Å². The summed E-state index contributed by atoms with van der Waals surface area (Å²) < 4.78 is 105. The monoisotopic (exact) mass is 1740 g/mol. The molecule has 2 aromatic carbocycles. The van der Waals surface area contributed by atoms with Gasteiger partial charge in [0, 0.05) is 19.5 Å². The van der Waals surface area contributed by atoms with Gasteiger partial charge in [-0.1, -0.05) is 88.4 Å². The first-order valence-electron chi connectivity index (χ1n) is 35.7. The van der Waals surface area contributed by atoms with Crippen LogP contribution in [0, 0.1) is 0 Å². The number of alkyl halides is 1. The molecule has 0 bridgehead atoms. The van der Waals surface area contributed by atoms with E-state index < -0.39 is 75.4 Å².